The predicted octanol–water partition coefficient (Wildman–Crippen LogP) is 0.725. The first-order chi connectivity index (χ1) is 9.60. The Morgan fingerprint density at radius 3 is 2.55 bits per heavy atom. The third kappa shape index (κ3) is 3.85. The van der Waals surface area contributed by atoms with Crippen LogP contribution in [0.1, 0.15) is 5.56 Å². The Kier molecular flexibility index (Phi) is 5.23. The van der Waals surface area contributed by atoms with E-state index in [0.29, 0.717) is 24.7 Å². The van der Waals surface area contributed by atoms with Crippen molar-refractivity contribution in [3.05, 3.63) is 28.8 Å². The molecular weight excluding hydrogens is 280 g/mol. The van der Waals surface area contributed by atoms with Gasteiger partial charge in [-0.05, 0) is 17.7 Å². The molecule has 0 radical (unpaired) electrons. The second-order valence-corrected chi connectivity index (χ2v) is 5.31. The summed E-state index contributed by atoms with van der Waals surface area (Å²) in [5.74, 6) is 0.144. The van der Waals surface area contributed by atoms with Gasteiger partial charge in [-0.3, -0.25) is 9.69 Å². The van der Waals surface area contributed by atoms with E-state index in [4.69, 9.17) is 16.7 Å². The fourth-order valence-corrected chi connectivity index (χ4v) is 2.56. The second-order valence-electron chi connectivity index (χ2n) is 4.90. The van der Waals surface area contributed by atoms with Crippen molar-refractivity contribution >= 4 is 17.5 Å². The highest BCUT2D eigenvalue weighted by atomic mass is 35.5. The molecule has 1 amide bonds. The average molecular weight is 299 g/mol. The number of aromatic hydroxyl groups is 1. The van der Waals surface area contributed by atoms with Crippen LogP contribution in [0.2, 0.25) is 5.02 Å². The maximum absolute atomic E-state index is 12.2. The van der Waals surface area contributed by atoms with E-state index in [9.17, 15) is 9.90 Å². The van der Waals surface area contributed by atoms with Crippen LogP contribution in [0.4, 0.5) is 0 Å². The van der Waals surface area contributed by atoms with E-state index < -0.39 is 0 Å². The van der Waals surface area contributed by atoms with Crippen LogP contribution < -0.4 is 0 Å². The minimum Gasteiger partial charge on any atom is -0.508 e. The van der Waals surface area contributed by atoms with Crippen LogP contribution in [0.5, 0.6) is 5.75 Å². The van der Waals surface area contributed by atoms with Crippen molar-refractivity contribution in [1.82, 2.24) is 9.80 Å². The van der Waals surface area contributed by atoms with Gasteiger partial charge in [-0.15, -0.1) is 0 Å². The molecule has 1 aliphatic rings. The number of benzene rings is 1. The van der Waals surface area contributed by atoms with Gasteiger partial charge in [-0.2, -0.15) is 0 Å². The minimum atomic E-state index is 0.0428. The molecule has 1 aromatic carbocycles. The Hall–Kier alpha value is -1.30. The van der Waals surface area contributed by atoms with Crippen LogP contribution in [0, 0.1) is 0 Å². The molecule has 1 aliphatic heterocycles. The standard InChI is InChI=1S/C14H19ClN2O3/c15-13-10-12(19)2-1-11(13)9-14(20)17-5-3-16(4-6-17)7-8-18/h1-2,10,18-19H,3-9H2. The van der Waals surface area contributed by atoms with Crippen LogP contribution >= 0.6 is 11.6 Å². The zero-order chi connectivity index (χ0) is 14.5. The van der Waals surface area contributed by atoms with Gasteiger partial charge < -0.3 is 15.1 Å². The van der Waals surface area contributed by atoms with Crippen LogP contribution in [-0.2, 0) is 11.2 Å². The van der Waals surface area contributed by atoms with Crippen LogP contribution in [0.3, 0.4) is 0 Å². The highest BCUT2D eigenvalue weighted by Crippen LogP contribution is 2.22. The van der Waals surface area contributed by atoms with Gasteiger partial charge >= 0.3 is 0 Å². The smallest absolute Gasteiger partial charge is 0.227 e. The number of amides is 1. The van der Waals surface area contributed by atoms with Crippen molar-refractivity contribution in [3.8, 4) is 5.75 Å². The monoisotopic (exact) mass is 298 g/mol. The normalized spacial score (nSPS) is 16.4. The molecule has 110 valence electrons. The largest absolute Gasteiger partial charge is 0.508 e. The third-order valence-corrected chi connectivity index (χ3v) is 3.87. The number of aliphatic hydroxyl groups excluding tert-OH is 1. The lowest BCUT2D eigenvalue weighted by molar-refractivity contribution is -0.132. The molecule has 5 nitrogen and oxygen atoms in total. The zero-order valence-corrected chi connectivity index (χ0v) is 12.0. The molecule has 0 spiro atoms. The average Bonchev–Trinajstić information content (AvgIpc) is 2.43. The summed E-state index contributed by atoms with van der Waals surface area (Å²) in [6.07, 6.45) is 0.249. The van der Waals surface area contributed by atoms with E-state index >= 15 is 0 Å². The summed E-state index contributed by atoms with van der Waals surface area (Å²) in [7, 11) is 0. The van der Waals surface area contributed by atoms with Crippen molar-refractivity contribution < 1.29 is 15.0 Å². The lowest BCUT2D eigenvalue weighted by Crippen LogP contribution is -2.49. The molecule has 0 bridgehead atoms. The second kappa shape index (κ2) is 6.92. The maximum atomic E-state index is 12.2. The van der Waals surface area contributed by atoms with E-state index in [1.54, 1.807) is 6.07 Å². The zero-order valence-electron chi connectivity index (χ0n) is 11.3. The van der Waals surface area contributed by atoms with Crippen molar-refractivity contribution in [2.45, 2.75) is 6.42 Å². The number of phenols is 1. The highest BCUT2D eigenvalue weighted by molar-refractivity contribution is 6.31. The minimum absolute atomic E-state index is 0.0428. The SMILES string of the molecule is O=C(Cc1ccc(O)cc1Cl)N1CCN(CCO)CC1. The van der Waals surface area contributed by atoms with E-state index in [0.717, 1.165) is 18.7 Å². The molecule has 20 heavy (non-hydrogen) atoms. The number of β-amino-alcohol motifs (C(OH)–C–C–N with tert-alkyl or cyclic N) is 1. The number of halogens is 1. The van der Waals surface area contributed by atoms with Crippen LogP contribution in [0.25, 0.3) is 0 Å². The molecule has 1 aromatic rings. The Balaban J connectivity index is 1.89. The molecule has 1 saturated heterocycles. The van der Waals surface area contributed by atoms with E-state index in [2.05, 4.69) is 4.90 Å². The molecule has 2 rings (SSSR count). The third-order valence-electron chi connectivity index (χ3n) is 3.52. The molecule has 0 unspecified atom stereocenters. The quantitative estimate of drug-likeness (QED) is 0.860. The molecule has 6 heteroatoms. The number of hydrogen-bond donors (Lipinski definition) is 2. The van der Waals surface area contributed by atoms with E-state index in [1.807, 2.05) is 4.90 Å². The number of aliphatic hydroxyl groups is 1. The van der Waals surface area contributed by atoms with Gasteiger partial charge in [-0.1, -0.05) is 17.7 Å². The van der Waals surface area contributed by atoms with Gasteiger partial charge in [0, 0.05) is 37.7 Å². The lowest BCUT2D eigenvalue weighted by atomic mass is 10.1. The molecule has 0 atom stereocenters. The summed E-state index contributed by atoms with van der Waals surface area (Å²) >= 11 is 6.01. The number of rotatable bonds is 4. The summed E-state index contributed by atoms with van der Waals surface area (Å²) in [5, 5.41) is 18.6. The van der Waals surface area contributed by atoms with Crippen molar-refractivity contribution in [2.75, 3.05) is 39.3 Å². The van der Waals surface area contributed by atoms with Crippen LogP contribution in [0.15, 0.2) is 18.2 Å². The predicted molar refractivity (Wildman–Crippen MR) is 76.9 cm³/mol. The Morgan fingerprint density at radius 1 is 1.25 bits per heavy atom. The molecular formula is C14H19ClN2O3. The van der Waals surface area contributed by atoms with Crippen LogP contribution in [-0.4, -0.2) is 65.3 Å². The van der Waals surface area contributed by atoms with Gasteiger partial charge in [0.05, 0.1) is 13.0 Å². The molecule has 1 fully saturated rings. The fourth-order valence-electron chi connectivity index (χ4n) is 2.32. The molecule has 0 aliphatic carbocycles. The first-order valence-corrected chi connectivity index (χ1v) is 7.06. The number of piperazine rings is 1. The lowest BCUT2D eigenvalue weighted by Gasteiger charge is -2.34. The number of nitrogens with zero attached hydrogens (tertiary/aromatic N) is 2. The summed E-state index contributed by atoms with van der Waals surface area (Å²) in [4.78, 5) is 16.2. The molecule has 0 saturated carbocycles. The summed E-state index contributed by atoms with van der Waals surface area (Å²) in [6, 6.07) is 4.66. The molecule has 1 heterocycles. The van der Waals surface area contributed by atoms with Gasteiger partial charge in [0.25, 0.3) is 0 Å². The number of phenolic OH excluding ortho intramolecular Hbond substituents is 1. The Morgan fingerprint density at radius 2 is 1.95 bits per heavy atom. The fraction of sp³-hybridized carbons (Fsp3) is 0.500. The van der Waals surface area contributed by atoms with E-state index in [1.165, 1.54) is 12.1 Å². The summed E-state index contributed by atoms with van der Waals surface area (Å²) < 4.78 is 0. The van der Waals surface area contributed by atoms with Crippen molar-refractivity contribution in [2.24, 2.45) is 0 Å². The number of carbonyl (C=O) groups excluding carboxylic acids is 1. The summed E-state index contributed by atoms with van der Waals surface area (Å²) in [6.45, 7) is 3.73. The highest BCUT2D eigenvalue weighted by Gasteiger charge is 2.21. The number of carbonyl (C=O) groups is 1. The first kappa shape index (κ1) is 15.1. The van der Waals surface area contributed by atoms with E-state index in [-0.39, 0.29) is 24.7 Å². The molecule has 0 aromatic heterocycles. The Labute approximate surface area is 123 Å². The summed E-state index contributed by atoms with van der Waals surface area (Å²) in [5.41, 5.74) is 0.729. The first-order valence-electron chi connectivity index (χ1n) is 6.68. The number of hydrogen-bond acceptors (Lipinski definition) is 4. The topological polar surface area (TPSA) is 64.0 Å². The van der Waals surface area contributed by atoms with Gasteiger partial charge in [0.15, 0.2) is 0 Å². The maximum Gasteiger partial charge on any atom is 0.227 e. The van der Waals surface area contributed by atoms with Crippen molar-refractivity contribution in [1.29, 1.82) is 0 Å². The Bertz CT molecular complexity index is 473. The molecule has 2 N–H and O–H groups in total. The van der Waals surface area contributed by atoms with Gasteiger partial charge in [-0.25, -0.2) is 0 Å². The van der Waals surface area contributed by atoms with Gasteiger partial charge in [0.1, 0.15) is 5.75 Å². The van der Waals surface area contributed by atoms with Gasteiger partial charge in [0.2, 0.25) is 5.91 Å². The van der Waals surface area contributed by atoms with Crippen molar-refractivity contribution in [3.63, 3.8) is 0 Å².